The third-order valence-corrected chi connectivity index (χ3v) is 3.00. The number of hydrogen-bond acceptors (Lipinski definition) is 4. The van der Waals surface area contributed by atoms with Crippen LogP contribution in [0.15, 0.2) is 23.2 Å². The fraction of sp³-hybridized carbons (Fsp3) is 0.500. The van der Waals surface area contributed by atoms with Crippen molar-refractivity contribution in [3.63, 3.8) is 0 Å². The Morgan fingerprint density at radius 3 is 2.24 bits per heavy atom. The van der Waals surface area contributed by atoms with E-state index in [9.17, 15) is 0 Å². The predicted octanol–water partition coefficient (Wildman–Crippen LogP) is 3.74. The maximum Gasteiger partial charge on any atom is 0.203 e. The molecule has 21 heavy (non-hydrogen) atoms. The Labute approximate surface area is 135 Å². The molecule has 118 valence electrons. The largest absolute Gasteiger partial charge is 0.493 e. The quantitative estimate of drug-likeness (QED) is 0.730. The van der Waals surface area contributed by atoms with E-state index in [4.69, 9.17) is 14.2 Å². The zero-order valence-electron chi connectivity index (χ0n) is 13.2. The highest BCUT2D eigenvalue weighted by Crippen LogP contribution is 2.38. The lowest BCUT2D eigenvalue weighted by atomic mass is 10.1. The van der Waals surface area contributed by atoms with Crippen molar-refractivity contribution in [3.8, 4) is 17.2 Å². The summed E-state index contributed by atoms with van der Waals surface area (Å²) in [4.78, 5) is 0. The fourth-order valence-corrected chi connectivity index (χ4v) is 1.95. The molecular formula is C16H24BrNO3. The number of methoxy groups -OCH3 is 2. The normalized spacial score (nSPS) is 10.6. The Morgan fingerprint density at radius 2 is 1.81 bits per heavy atom. The van der Waals surface area contributed by atoms with E-state index in [-0.39, 0.29) is 0 Å². The molecule has 0 heterocycles. The molecule has 1 rings (SSSR count). The van der Waals surface area contributed by atoms with Gasteiger partial charge in [-0.05, 0) is 30.2 Å². The third-order valence-electron chi connectivity index (χ3n) is 2.78. The van der Waals surface area contributed by atoms with Gasteiger partial charge in [0.2, 0.25) is 5.75 Å². The van der Waals surface area contributed by atoms with Crippen LogP contribution in [0.3, 0.4) is 0 Å². The topological polar surface area (TPSA) is 39.7 Å². The molecule has 0 fully saturated rings. The van der Waals surface area contributed by atoms with Gasteiger partial charge in [-0.1, -0.05) is 36.4 Å². The van der Waals surface area contributed by atoms with E-state index in [0.29, 0.717) is 29.8 Å². The van der Waals surface area contributed by atoms with Gasteiger partial charge in [0.15, 0.2) is 11.5 Å². The van der Waals surface area contributed by atoms with E-state index in [1.807, 2.05) is 12.1 Å². The van der Waals surface area contributed by atoms with Gasteiger partial charge in [0.1, 0.15) is 6.61 Å². The fourth-order valence-electron chi connectivity index (χ4n) is 1.83. The highest BCUT2D eigenvalue weighted by Gasteiger charge is 2.14. The van der Waals surface area contributed by atoms with Crippen LogP contribution in [0.25, 0.3) is 0 Å². The van der Waals surface area contributed by atoms with Crippen molar-refractivity contribution in [1.29, 1.82) is 0 Å². The standard InChI is InChI=1S/C16H24BrNO3/c1-11(2)8-18-9-13-6-14(19-4)16(15(7-13)20-5)21-10-12(3)17/h6-7,11,18H,3,8-10H2,1-2,4-5H3. The van der Waals surface area contributed by atoms with Crippen LogP contribution in [0.4, 0.5) is 0 Å². The van der Waals surface area contributed by atoms with Gasteiger partial charge in [0, 0.05) is 11.0 Å². The zero-order valence-corrected chi connectivity index (χ0v) is 14.7. The Bertz CT molecular complexity index is 450. The highest BCUT2D eigenvalue weighted by atomic mass is 79.9. The first kappa shape index (κ1) is 17.9. The molecular weight excluding hydrogens is 334 g/mol. The highest BCUT2D eigenvalue weighted by molar-refractivity contribution is 9.11. The number of ether oxygens (including phenoxy) is 3. The van der Waals surface area contributed by atoms with Crippen LogP contribution in [0, 0.1) is 5.92 Å². The molecule has 0 spiro atoms. The molecule has 0 bridgehead atoms. The van der Waals surface area contributed by atoms with Gasteiger partial charge < -0.3 is 19.5 Å². The van der Waals surface area contributed by atoms with Gasteiger partial charge in [0.05, 0.1) is 14.2 Å². The second-order valence-corrected chi connectivity index (χ2v) is 6.28. The maximum atomic E-state index is 5.69. The van der Waals surface area contributed by atoms with Gasteiger partial charge in [0.25, 0.3) is 0 Å². The van der Waals surface area contributed by atoms with Crippen LogP contribution < -0.4 is 19.5 Å². The summed E-state index contributed by atoms with van der Waals surface area (Å²) in [5.41, 5.74) is 1.09. The molecule has 1 aromatic carbocycles. The van der Waals surface area contributed by atoms with E-state index >= 15 is 0 Å². The lowest BCUT2D eigenvalue weighted by Gasteiger charge is -2.16. The molecule has 0 aliphatic carbocycles. The van der Waals surface area contributed by atoms with Gasteiger partial charge in [-0.2, -0.15) is 0 Å². The summed E-state index contributed by atoms with van der Waals surface area (Å²) in [5.74, 6) is 2.52. The first-order valence-electron chi connectivity index (χ1n) is 6.89. The van der Waals surface area contributed by atoms with Crippen LogP contribution in [0.5, 0.6) is 17.2 Å². The Morgan fingerprint density at radius 1 is 1.24 bits per heavy atom. The Balaban J connectivity index is 2.91. The lowest BCUT2D eigenvalue weighted by Crippen LogP contribution is -2.19. The minimum Gasteiger partial charge on any atom is -0.493 e. The molecule has 1 aromatic rings. The van der Waals surface area contributed by atoms with Crippen molar-refractivity contribution < 1.29 is 14.2 Å². The van der Waals surface area contributed by atoms with Crippen molar-refractivity contribution in [2.45, 2.75) is 20.4 Å². The second kappa shape index (κ2) is 8.95. The molecule has 0 atom stereocenters. The molecule has 0 aliphatic rings. The molecule has 0 aliphatic heterocycles. The van der Waals surface area contributed by atoms with E-state index in [0.717, 1.165) is 23.1 Å². The van der Waals surface area contributed by atoms with E-state index in [1.54, 1.807) is 14.2 Å². The summed E-state index contributed by atoms with van der Waals surface area (Å²) in [5, 5.41) is 3.40. The number of benzene rings is 1. The average Bonchev–Trinajstić information content (AvgIpc) is 2.44. The summed E-state index contributed by atoms with van der Waals surface area (Å²) in [6.07, 6.45) is 0. The van der Waals surface area contributed by atoms with Crippen molar-refractivity contribution >= 4 is 15.9 Å². The number of hydrogen-bond donors (Lipinski definition) is 1. The number of rotatable bonds is 9. The number of halogens is 1. The van der Waals surface area contributed by atoms with E-state index in [1.165, 1.54) is 0 Å². The zero-order chi connectivity index (χ0) is 15.8. The summed E-state index contributed by atoms with van der Waals surface area (Å²) in [6, 6.07) is 3.92. The number of nitrogens with one attached hydrogen (secondary N) is 1. The molecule has 0 saturated carbocycles. The molecule has 0 aromatic heterocycles. The van der Waals surface area contributed by atoms with Crippen LogP contribution in [0.1, 0.15) is 19.4 Å². The van der Waals surface area contributed by atoms with Crippen LogP contribution in [-0.4, -0.2) is 27.4 Å². The molecule has 0 saturated heterocycles. The molecule has 0 radical (unpaired) electrons. The van der Waals surface area contributed by atoms with E-state index < -0.39 is 0 Å². The molecule has 0 amide bonds. The summed E-state index contributed by atoms with van der Waals surface area (Å²) < 4.78 is 17.3. The van der Waals surface area contributed by atoms with Gasteiger partial charge in [-0.25, -0.2) is 0 Å². The third kappa shape index (κ3) is 5.98. The minimum atomic E-state index is 0.359. The van der Waals surface area contributed by atoms with Gasteiger partial charge in [-0.3, -0.25) is 0 Å². The molecule has 5 heteroatoms. The SMILES string of the molecule is C=C(Br)COc1c(OC)cc(CNCC(C)C)cc1OC. The maximum absolute atomic E-state index is 5.69. The van der Waals surface area contributed by atoms with E-state index in [2.05, 4.69) is 41.7 Å². The average molecular weight is 358 g/mol. The van der Waals surface area contributed by atoms with Crippen molar-refractivity contribution in [1.82, 2.24) is 5.32 Å². The summed E-state index contributed by atoms with van der Waals surface area (Å²) in [6.45, 7) is 10.2. The monoisotopic (exact) mass is 357 g/mol. The summed E-state index contributed by atoms with van der Waals surface area (Å²) >= 11 is 3.28. The summed E-state index contributed by atoms with van der Waals surface area (Å²) in [7, 11) is 3.24. The van der Waals surface area contributed by atoms with Crippen LogP contribution in [-0.2, 0) is 6.54 Å². The molecule has 0 unspecified atom stereocenters. The van der Waals surface area contributed by atoms with Crippen molar-refractivity contribution in [3.05, 3.63) is 28.8 Å². The Kier molecular flexibility index (Phi) is 7.61. The van der Waals surface area contributed by atoms with Crippen LogP contribution in [0.2, 0.25) is 0 Å². The smallest absolute Gasteiger partial charge is 0.203 e. The molecule has 4 nitrogen and oxygen atoms in total. The molecule has 1 N–H and O–H groups in total. The van der Waals surface area contributed by atoms with Gasteiger partial charge >= 0.3 is 0 Å². The minimum absolute atomic E-state index is 0.359. The van der Waals surface area contributed by atoms with Crippen molar-refractivity contribution in [2.75, 3.05) is 27.4 Å². The lowest BCUT2D eigenvalue weighted by molar-refractivity contribution is 0.299. The van der Waals surface area contributed by atoms with Crippen LogP contribution >= 0.6 is 15.9 Å². The first-order chi connectivity index (χ1) is 9.97. The van der Waals surface area contributed by atoms with Crippen molar-refractivity contribution in [2.24, 2.45) is 5.92 Å². The second-order valence-electron chi connectivity index (χ2n) is 5.16. The Hall–Kier alpha value is -1.20. The predicted molar refractivity (Wildman–Crippen MR) is 89.7 cm³/mol. The first-order valence-corrected chi connectivity index (χ1v) is 7.68. The van der Waals surface area contributed by atoms with Gasteiger partial charge in [-0.15, -0.1) is 0 Å².